The minimum Gasteiger partial charge on any atom is -0.461 e. The van der Waals surface area contributed by atoms with Crippen molar-refractivity contribution in [2.45, 2.75) is 115 Å². The summed E-state index contributed by atoms with van der Waals surface area (Å²) in [5, 5.41) is 12.4. The Balaban J connectivity index is 1.06. The van der Waals surface area contributed by atoms with Crippen LogP contribution in [0.2, 0.25) is 0 Å². The summed E-state index contributed by atoms with van der Waals surface area (Å²) in [6, 6.07) is 7.31. The number of benzene rings is 1. The second kappa shape index (κ2) is 11.4. The Kier molecular flexibility index (Phi) is 7.54. The van der Waals surface area contributed by atoms with Crippen LogP contribution < -0.4 is 0 Å². The zero-order chi connectivity index (χ0) is 31.9. The maximum absolute atomic E-state index is 14.1. The quantitative estimate of drug-likeness (QED) is 0.196. The van der Waals surface area contributed by atoms with E-state index in [-0.39, 0.29) is 18.6 Å². The molecule has 8 nitrogen and oxygen atoms in total. The molecule has 0 radical (unpaired) electrons. The number of ether oxygens (including phenoxy) is 3. The fraction of sp³-hybridized carbons (Fsp3) is 0.711. The number of carbonyl (C=O) groups excluding carboxylic acids is 3. The zero-order valence-electron chi connectivity index (χ0n) is 27.4. The smallest absolute Gasteiger partial charge is 0.419 e. The number of aliphatic hydroxyl groups excluding tert-OH is 1. The third-order valence-corrected chi connectivity index (χ3v) is 12.5. The molecule has 10 rings (SSSR count). The van der Waals surface area contributed by atoms with Crippen molar-refractivity contribution in [3.8, 4) is 0 Å². The highest BCUT2D eigenvalue weighted by molar-refractivity contribution is 5.96. The van der Waals surface area contributed by atoms with Crippen LogP contribution in [0.1, 0.15) is 103 Å². The molecule has 0 spiro atoms. The van der Waals surface area contributed by atoms with Crippen molar-refractivity contribution in [2.24, 2.45) is 53.3 Å². The van der Waals surface area contributed by atoms with Crippen molar-refractivity contribution in [2.75, 3.05) is 0 Å². The zero-order valence-corrected chi connectivity index (χ0v) is 27.4. The second-order valence-electron chi connectivity index (χ2n) is 16.9. The molecule has 1 atom stereocenters. The molecule has 8 heteroatoms. The van der Waals surface area contributed by atoms with E-state index in [0.29, 0.717) is 40.1 Å². The lowest BCUT2D eigenvalue weighted by Crippen LogP contribution is -2.52. The molecule has 8 bridgehead atoms. The van der Waals surface area contributed by atoms with E-state index in [1.165, 1.54) is 17.4 Å². The topological polar surface area (TPSA) is 104 Å². The standard InChI is InChI=1S/C38H49NO7/c1-38(2,3)46-37(43)39-19-30(28-6-4-5-7-31(28)39)32(40)18-29(35(41)44-33-24-10-20-8-21(12-24)13-25(33)11-20)36(42)45-34-26-14-22-9-23(16-26)17-27(34)15-22/h4-7,19-27,29,32-34,40H,8-18H2,1-3H3/t20?,21?,22?,23?,24?,25?,26?,27?,29?,32-,33?,34?/m0/s1. The van der Waals surface area contributed by atoms with Crippen LogP contribution in [0.15, 0.2) is 30.5 Å². The van der Waals surface area contributed by atoms with Crippen LogP contribution in [0.4, 0.5) is 4.79 Å². The molecule has 248 valence electrons. The summed E-state index contributed by atoms with van der Waals surface area (Å²) < 4.78 is 19.7. The molecule has 46 heavy (non-hydrogen) atoms. The number of aromatic nitrogens is 1. The van der Waals surface area contributed by atoms with E-state index in [0.717, 1.165) is 75.0 Å². The largest absolute Gasteiger partial charge is 0.461 e. The lowest BCUT2D eigenvalue weighted by atomic mass is 9.55. The normalized spacial score (nSPS) is 36.9. The van der Waals surface area contributed by atoms with Crippen molar-refractivity contribution in [1.29, 1.82) is 0 Å². The van der Waals surface area contributed by atoms with E-state index < -0.39 is 35.7 Å². The van der Waals surface area contributed by atoms with E-state index in [1.54, 1.807) is 33.0 Å². The average molecular weight is 632 g/mol. The van der Waals surface area contributed by atoms with Gasteiger partial charge in [0, 0.05) is 23.6 Å². The first-order chi connectivity index (χ1) is 22.0. The third kappa shape index (κ3) is 5.56. The van der Waals surface area contributed by atoms with Crippen molar-refractivity contribution >= 4 is 28.9 Å². The van der Waals surface area contributed by atoms with Crippen LogP contribution in [0.5, 0.6) is 0 Å². The predicted octanol–water partition coefficient (Wildman–Crippen LogP) is 7.20. The van der Waals surface area contributed by atoms with Gasteiger partial charge in [0.2, 0.25) is 0 Å². The summed E-state index contributed by atoms with van der Waals surface area (Å²) >= 11 is 0. The SMILES string of the molecule is CC(C)(C)OC(=O)n1cc([C@@H](O)CC(C(=O)OC2C3CC4CC(C3)CC2C4)C(=O)OC2C3CC4CC(C3)CC2C4)c2ccccc21. The second-order valence-corrected chi connectivity index (χ2v) is 16.9. The number of hydrogen-bond donors (Lipinski definition) is 1. The molecule has 0 aliphatic heterocycles. The number of aliphatic hydroxyl groups is 1. The van der Waals surface area contributed by atoms with Crippen molar-refractivity contribution in [3.05, 3.63) is 36.0 Å². The Bertz CT molecular complexity index is 1410. The Morgan fingerprint density at radius 1 is 0.761 bits per heavy atom. The number of para-hydroxylation sites is 1. The molecule has 2 aromatic rings. The highest BCUT2D eigenvalue weighted by atomic mass is 16.6. The summed E-state index contributed by atoms with van der Waals surface area (Å²) in [6.45, 7) is 5.42. The maximum Gasteiger partial charge on any atom is 0.419 e. The Morgan fingerprint density at radius 2 is 1.22 bits per heavy atom. The molecule has 0 unspecified atom stereocenters. The average Bonchev–Trinajstić information content (AvgIpc) is 3.38. The molecule has 8 aliphatic carbocycles. The van der Waals surface area contributed by atoms with E-state index in [2.05, 4.69) is 0 Å². The van der Waals surface area contributed by atoms with Crippen LogP contribution in [-0.4, -0.2) is 45.5 Å². The monoisotopic (exact) mass is 631 g/mol. The molecule has 1 aromatic heterocycles. The molecule has 8 saturated carbocycles. The number of nitrogens with zero attached hydrogens (tertiary/aromatic N) is 1. The first-order valence-corrected chi connectivity index (χ1v) is 17.9. The Labute approximate surface area is 271 Å². The molecule has 0 saturated heterocycles. The Morgan fingerprint density at radius 3 is 1.67 bits per heavy atom. The van der Waals surface area contributed by atoms with Crippen molar-refractivity contribution in [3.63, 3.8) is 0 Å². The predicted molar refractivity (Wildman–Crippen MR) is 170 cm³/mol. The lowest BCUT2D eigenvalue weighted by Gasteiger charge is -2.54. The molecule has 1 aromatic carbocycles. The fourth-order valence-electron chi connectivity index (χ4n) is 11.1. The number of esters is 2. The van der Waals surface area contributed by atoms with Gasteiger partial charge in [0.1, 0.15) is 17.8 Å². The summed E-state index contributed by atoms with van der Waals surface area (Å²) in [7, 11) is 0. The minimum absolute atomic E-state index is 0.164. The molecule has 1 N–H and O–H groups in total. The summed E-state index contributed by atoms with van der Waals surface area (Å²) in [4.78, 5) is 41.4. The van der Waals surface area contributed by atoms with E-state index in [9.17, 15) is 19.5 Å². The van der Waals surface area contributed by atoms with Gasteiger partial charge in [-0.15, -0.1) is 0 Å². The van der Waals surface area contributed by atoms with Crippen LogP contribution in [0.3, 0.4) is 0 Å². The van der Waals surface area contributed by atoms with E-state index in [1.807, 2.05) is 18.2 Å². The molecule has 0 amide bonds. The first kappa shape index (κ1) is 30.5. The lowest BCUT2D eigenvalue weighted by molar-refractivity contribution is -0.190. The van der Waals surface area contributed by atoms with Gasteiger partial charge in [-0.1, -0.05) is 18.2 Å². The van der Waals surface area contributed by atoms with Crippen LogP contribution in [0, 0.1) is 53.3 Å². The summed E-state index contributed by atoms with van der Waals surface area (Å²) in [5.74, 6) is 2.00. The Hall–Kier alpha value is -2.87. The van der Waals surface area contributed by atoms with Gasteiger partial charge in [-0.3, -0.25) is 14.2 Å². The van der Waals surface area contributed by atoms with Crippen molar-refractivity contribution in [1.82, 2.24) is 4.57 Å². The van der Waals surface area contributed by atoms with Crippen LogP contribution in [0.25, 0.3) is 10.9 Å². The van der Waals surface area contributed by atoms with Crippen LogP contribution >= 0.6 is 0 Å². The van der Waals surface area contributed by atoms with Gasteiger partial charge >= 0.3 is 18.0 Å². The molecular formula is C38H49NO7. The van der Waals surface area contributed by atoms with E-state index >= 15 is 0 Å². The summed E-state index contributed by atoms with van der Waals surface area (Å²) in [5.41, 5.74) is 0.362. The number of rotatable bonds is 7. The summed E-state index contributed by atoms with van der Waals surface area (Å²) in [6.07, 6.45) is 10.7. The van der Waals surface area contributed by atoms with Gasteiger partial charge in [-0.05, 0) is 138 Å². The molecule has 1 heterocycles. The fourth-order valence-corrected chi connectivity index (χ4v) is 11.1. The molecular weight excluding hydrogens is 582 g/mol. The highest BCUT2D eigenvalue weighted by Crippen LogP contribution is 2.56. The maximum atomic E-state index is 14.1. The third-order valence-electron chi connectivity index (χ3n) is 12.5. The molecule has 8 fully saturated rings. The van der Waals surface area contributed by atoms with Gasteiger partial charge in [0.05, 0.1) is 11.6 Å². The van der Waals surface area contributed by atoms with Gasteiger partial charge in [0.25, 0.3) is 0 Å². The van der Waals surface area contributed by atoms with E-state index in [4.69, 9.17) is 14.2 Å². The number of fused-ring (bicyclic) bond motifs is 1. The van der Waals surface area contributed by atoms with Gasteiger partial charge < -0.3 is 19.3 Å². The highest BCUT2D eigenvalue weighted by Gasteiger charge is 2.53. The number of carbonyl (C=O) groups is 3. The van der Waals surface area contributed by atoms with Gasteiger partial charge in [-0.25, -0.2) is 4.79 Å². The number of hydrogen-bond acceptors (Lipinski definition) is 7. The first-order valence-electron chi connectivity index (χ1n) is 17.9. The van der Waals surface area contributed by atoms with Crippen molar-refractivity contribution < 1.29 is 33.7 Å². The van der Waals surface area contributed by atoms with Crippen LogP contribution in [-0.2, 0) is 23.8 Å². The molecule has 8 aliphatic rings. The minimum atomic E-state index is -1.24. The van der Waals surface area contributed by atoms with Gasteiger partial charge in [0.15, 0.2) is 5.92 Å². The van der Waals surface area contributed by atoms with Gasteiger partial charge in [-0.2, -0.15) is 0 Å².